The van der Waals surface area contributed by atoms with E-state index in [1.807, 2.05) is 0 Å². The van der Waals surface area contributed by atoms with Crippen LogP contribution in [0.5, 0.6) is 5.75 Å². The van der Waals surface area contributed by atoms with Crippen molar-refractivity contribution in [2.45, 2.75) is 13.0 Å². The van der Waals surface area contributed by atoms with Crippen molar-refractivity contribution in [3.05, 3.63) is 58.9 Å². The lowest BCUT2D eigenvalue weighted by atomic mass is 10.1. The molecule has 4 nitrogen and oxygen atoms in total. The van der Waals surface area contributed by atoms with Gasteiger partial charge < -0.3 is 15.2 Å². The number of nitrogens with one attached hydrogen (secondary N) is 1. The summed E-state index contributed by atoms with van der Waals surface area (Å²) in [5.41, 5.74) is 1.08. The Labute approximate surface area is 132 Å². The number of ether oxygens (including phenoxy) is 1. The van der Waals surface area contributed by atoms with E-state index in [-0.39, 0.29) is 11.6 Å². The second kappa shape index (κ2) is 7.24. The number of carbonyl (C=O) groups is 1. The maximum absolute atomic E-state index is 13.0. The van der Waals surface area contributed by atoms with Gasteiger partial charge in [-0.05, 0) is 42.8 Å². The molecule has 0 radical (unpaired) electrons. The third-order valence-electron chi connectivity index (χ3n) is 2.91. The van der Waals surface area contributed by atoms with Gasteiger partial charge in [0.15, 0.2) is 6.61 Å². The van der Waals surface area contributed by atoms with Gasteiger partial charge in [-0.25, -0.2) is 4.39 Å². The van der Waals surface area contributed by atoms with Gasteiger partial charge in [-0.15, -0.1) is 0 Å². The quantitative estimate of drug-likeness (QED) is 0.884. The zero-order chi connectivity index (χ0) is 16.1. The van der Waals surface area contributed by atoms with Crippen molar-refractivity contribution in [2.75, 3.05) is 11.9 Å². The number of rotatable bonds is 5. The average Bonchev–Trinajstić information content (AvgIpc) is 2.49. The van der Waals surface area contributed by atoms with E-state index in [1.54, 1.807) is 31.2 Å². The highest BCUT2D eigenvalue weighted by atomic mass is 35.5. The highest BCUT2D eigenvalue weighted by molar-refractivity contribution is 6.31. The van der Waals surface area contributed by atoms with Gasteiger partial charge in [0.2, 0.25) is 0 Å². The van der Waals surface area contributed by atoms with Crippen LogP contribution in [0.25, 0.3) is 0 Å². The SMILES string of the molecule is CC(O)c1cccc(OCC(=O)Nc2ccc(F)c(Cl)c2)c1. The fourth-order valence-corrected chi connectivity index (χ4v) is 1.96. The molecule has 6 heteroatoms. The second-order valence-electron chi connectivity index (χ2n) is 4.71. The van der Waals surface area contributed by atoms with Crippen LogP contribution in [0.2, 0.25) is 5.02 Å². The normalized spacial score (nSPS) is 11.8. The first kappa shape index (κ1) is 16.3. The summed E-state index contributed by atoms with van der Waals surface area (Å²) in [6, 6.07) is 10.7. The molecular formula is C16H15ClFNO3. The molecule has 2 aromatic rings. The largest absolute Gasteiger partial charge is 0.484 e. The molecular weight excluding hydrogens is 309 g/mol. The summed E-state index contributed by atoms with van der Waals surface area (Å²) >= 11 is 5.64. The Kier molecular flexibility index (Phi) is 5.35. The van der Waals surface area contributed by atoms with Crippen molar-refractivity contribution in [1.82, 2.24) is 0 Å². The number of hydrogen-bond acceptors (Lipinski definition) is 3. The summed E-state index contributed by atoms with van der Waals surface area (Å²) in [6.45, 7) is 1.43. The van der Waals surface area contributed by atoms with Crippen molar-refractivity contribution in [3.63, 3.8) is 0 Å². The number of hydrogen-bond donors (Lipinski definition) is 2. The van der Waals surface area contributed by atoms with E-state index in [2.05, 4.69) is 5.32 Å². The Morgan fingerprint density at radius 2 is 2.14 bits per heavy atom. The van der Waals surface area contributed by atoms with Crippen LogP contribution in [-0.2, 0) is 4.79 Å². The minimum atomic E-state index is -0.612. The van der Waals surface area contributed by atoms with Crippen LogP contribution in [0.1, 0.15) is 18.6 Å². The van der Waals surface area contributed by atoms with Crippen LogP contribution < -0.4 is 10.1 Å². The van der Waals surface area contributed by atoms with E-state index in [4.69, 9.17) is 16.3 Å². The minimum Gasteiger partial charge on any atom is -0.484 e. The van der Waals surface area contributed by atoms with Crippen LogP contribution in [0.4, 0.5) is 10.1 Å². The predicted molar refractivity (Wildman–Crippen MR) is 82.6 cm³/mol. The lowest BCUT2D eigenvalue weighted by Gasteiger charge is -2.10. The van der Waals surface area contributed by atoms with E-state index in [9.17, 15) is 14.3 Å². The number of amides is 1. The molecule has 0 saturated heterocycles. The molecule has 0 aliphatic carbocycles. The van der Waals surface area contributed by atoms with E-state index < -0.39 is 17.8 Å². The summed E-state index contributed by atoms with van der Waals surface area (Å²) < 4.78 is 18.4. The maximum atomic E-state index is 13.0. The third kappa shape index (κ3) is 4.44. The van der Waals surface area contributed by atoms with Crippen molar-refractivity contribution in [2.24, 2.45) is 0 Å². The number of anilines is 1. The molecule has 0 aromatic heterocycles. The molecule has 1 amide bonds. The first-order chi connectivity index (χ1) is 10.5. The minimum absolute atomic E-state index is 0.0663. The lowest BCUT2D eigenvalue weighted by Crippen LogP contribution is -2.20. The smallest absolute Gasteiger partial charge is 0.262 e. The van der Waals surface area contributed by atoms with Gasteiger partial charge >= 0.3 is 0 Å². The third-order valence-corrected chi connectivity index (χ3v) is 3.20. The van der Waals surface area contributed by atoms with E-state index in [0.29, 0.717) is 17.0 Å². The first-order valence-electron chi connectivity index (χ1n) is 6.61. The highest BCUT2D eigenvalue weighted by Gasteiger charge is 2.07. The van der Waals surface area contributed by atoms with Crippen molar-refractivity contribution >= 4 is 23.2 Å². The van der Waals surface area contributed by atoms with Crippen LogP contribution in [0.15, 0.2) is 42.5 Å². The van der Waals surface area contributed by atoms with Gasteiger partial charge in [0, 0.05) is 5.69 Å². The first-order valence-corrected chi connectivity index (χ1v) is 6.99. The number of benzene rings is 2. The van der Waals surface area contributed by atoms with Crippen molar-refractivity contribution in [1.29, 1.82) is 0 Å². The molecule has 0 saturated carbocycles. The lowest BCUT2D eigenvalue weighted by molar-refractivity contribution is -0.118. The molecule has 116 valence electrons. The van der Waals surface area contributed by atoms with Crippen LogP contribution >= 0.6 is 11.6 Å². The highest BCUT2D eigenvalue weighted by Crippen LogP contribution is 2.20. The Morgan fingerprint density at radius 3 is 2.82 bits per heavy atom. The van der Waals surface area contributed by atoms with Gasteiger partial charge in [0.25, 0.3) is 5.91 Å². The predicted octanol–water partition coefficient (Wildman–Crippen LogP) is 3.55. The van der Waals surface area contributed by atoms with Gasteiger partial charge in [-0.1, -0.05) is 23.7 Å². The number of aliphatic hydroxyl groups is 1. The molecule has 2 N–H and O–H groups in total. The van der Waals surface area contributed by atoms with E-state index in [1.165, 1.54) is 18.2 Å². The van der Waals surface area contributed by atoms with E-state index in [0.717, 1.165) is 0 Å². The maximum Gasteiger partial charge on any atom is 0.262 e. The Hall–Kier alpha value is -2.11. The van der Waals surface area contributed by atoms with Gasteiger partial charge in [0.05, 0.1) is 11.1 Å². The Bertz CT molecular complexity index is 676. The van der Waals surface area contributed by atoms with Crippen LogP contribution in [-0.4, -0.2) is 17.6 Å². The molecule has 2 rings (SSSR count). The van der Waals surface area contributed by atoms with Crippen LogP contribution in [0.3, 0.4) is 0 Å². The summed E-state index contributed by atoms with van der Waals surface area (Å²) in [4.78, 5) is 11.8. The molecule has 2 aromatic carbocycles. The van der Waals surface area contributed by atoms with Crippen molar-refractivity contribution in [3.8, 4) is 5.75 Å². The standard InChI is InChI=1S/C16H15ClFNO3/c1-10(20)11-3-2-4-13(7-11)22-9-16(21)19-12-5-6-15(18)14(17)8-12/h2-8,10,20H,9H2,1H3,(H,19,21). The monoisotopic (exact) mass is 323 g/mol. The molecule has 0 bridgehead atoms. The summed E-state index contributed by atoms with van der Waals surface area (Å²) in [6.07, 6.45) is -0.612. The fraction of sp³-hybridized carbons (Fsp3) is 0.188. The molecule has 0 spiro atoms. The Balaban J connectivity index is 1.92. The number of aliphatic hydroxyl groups excluding tert-OH is 1. The average molecular weight is 324 g/mol. The molecule has 0 aliphatic heterocycles. The van der Waals surface area contributed by atoms with Gasteiger partial charge in [-0.2, -0.15) is 0 Å². The molecule has 1 unspecified atom stereocenters. The molecule has 0 heterocycles. The zero-order valence-corrected chi connectivity index (χ0v) is 12.6. The molecule has 0 aliphatic rings. The molecule has 0 fully saturated rings. The summed E-state index contributed by atoms with van der Waals surface area (Å²) in [7, 11) is 0. The zero-order valence-electron chi connectivity index (χ0n) is 11.8. The van der Waals surface area contributed by atoms with Gasteiger partial charge in [-0.3, -0.25) is 4.79 Å². The second-order valence-corrected chi connectivity index (χ2v) is 5.12. The Morgan fingerprint density at radius 1 is 1.36 bits per heavy atom. The number of carbonyl (C=O) groups excluding carboxylic acids is 1. The molecule has 22 heavy (non-hydrogen) atoms. The fourth-order valence-electron chi connectivity index (χ4n) is 1.78. The molecule has 1 atom stereocenters. The van der Waals surface area contributed by atoms with Gasteiger partial charge in [0.1, 0.15) is 11.6 Å². The van der Waals surface area contributed by atoms with Crippen LogP contribution in [0, 0.1) is 5.82 Å². The van der Waals surface area contributed by atoms with E-state index >= 15 is 0 Å². The topological polar surface area (TPSA) is 58.6 Å². The number of halogens is 2. The summed E-state index contributed by atoms with van der Waals surface area (Å²) in [5.74, 6) is -0.471. The van der Waals surface area contributed by atoms with Crippen molar-refractivity contribution < 1.29 is 19.0 Å². The summed E-state index contributed by atoms with van der Waals surface area (Å²) in [5, 5.41) is 12.0.